The minimum Gasteiger partial charge on any atom is -0.496 e. The lowest BCUT2D eigenvalue weighted by molar-refractivity contribution is -0.141. The summed E-state index contributed by atoms with van der Waals surface area (Å²) in [7, 11) is -1.65. The summed E-state index contributed by atoms with van der Waals surface area (Å²) in [5.41, 5.74) is 1.11. The van der Waals surface area contributed by atoms with Crippen molar-refractivity contribution in [2.45, 2.75) is 39.3 Å². The second kappa shape index (κ2) is 8.07. The molecule has 2 rings (SSSR count). The summed E-state index contributed by atoms with van der Waals surface area (Å²) < 4.78 is 33.9. The molecule has 1 aromatic carbocycles. The second-order valence-electron chi connectivity index (χ2n) is 6.43. The van der Waals surface area contributed by atoms with Crippen molar-refractivity contribution in [3.63, 3.8) is 0 Å². The van der Waals surface area contributed by atoms with Crippen LogP contribution in [-0.2, 0) is 19.4 Å². The van der Waals surface area contributed by atoms with Crippen LogP contribution in [0.15, 0.2) is 18.2 Å². The van der Waals surface area contributed by atoms with Gasteiger partial charge in [0.15, 0.2) is 15.9 Å². The van der Waals surface area contributed by atoms with Crippen LogP contribution < -0.4 is 4.74 Å². The van der Waals surface area contributed by atoms with Gasteiger partial charge in [-0.1, -0.05) is 11.6 Å². The van der Waals surface area contributed by atoms with Gasteiger partial charge in [-0.25, -0.2) is 13.2 Å². The van der Waals surface area contributed by atoms with Crippen molar-refractivity contribution in [2.24, 2.45) is 0 Å². The fourth-order valence-electron chi connectivity index (χ4n) is 3.10. The highest BCUT2D eigenvalue weighted by atomic mass is 32.2. The molecule has 0 spiro atoms. The third-order valence-corrected chi connectivity index (χ3v) is 6.23. The molecule has 1 aromatic rings. The van der Waals surface area contributed by atoms with E-state index in [9.17, 15) is 18.0 Å². The quantitative estimate of drug-likeness (QED) is 0.693. The lowest BCUT2D eigenvalue weighted by Crippen LogP contribution is -2.46. The van der Waals surface area contributed by atoms with E-state index in [1.165, 1.54) is 18.9 Å². The van der Waals surface area contributed by atoms with E-state index < -0.39 is 27.8 Å². The van der Waals surface area contributed by atoms with E-state index in [1.54, 1.807) is 19.1 Å². The molecule has 0 aliphatic carbocycles. The van der Waals surface area contributed by atoms with Gasteiger partial charge in [0, 0.05) is 12.6 Å². The number of aryl methyl sites for hydroxylation is 1. The maximum Gasteiger partial charge on any atom is 0.342 e. The molecule has 1 heterocycles. The molecule has 0 bridgehead atoms. The van der Waals surface area contributed by atoms with Crippen molar-refractivity contribution >= 4 is 21.7 Å². The predicted molar refractivity (Wildman–Crippen MR) is 97.1 cm³/mol. The van der Waals surface area contributed by atoms with Crippen LogP contribution >= 0.6 is 0 Å². The number of amides is 1. The van der Waals surface area contributed by atoms with E-state index in [0.29, 0.717) is 18.7 Å². The summed E-state index contributed by atoms with van der Waals surface area (Å²) in [6.45, 7) is 5.47. The summed E-state index contributed by atoms with van der Waals surface area (Å²) in [5, 5.41) is 0. The summed E-state index contributed by atoms with van der Waals surface area (Å²) in [4.78, 5) is 26.6. The van der Waals surface area contributed by atoms with E-state index in [2.05, 4.69) is 0 Å². The molecule has 0 radical (unpaired) electrons. The Kier molecular flexibility index (Phi) is 6.28. The zero-order valence-electron chi connectivity index (χ0n) is 15.5. The number of methoxy groups -OCH3 is 1. The zero-order valence-corrected chi connectivity index (χ0v) is 16.3. The van der Waals surface area contributed by atoms with Gasteiger partial charge in [0.05, 0.1) is 18.6 Å². The number of ether oxygens (including phenoxy) is 2. The number of benzene rings is 1. The molecular formula is C18H25NO6S. The Morgan fingerprint density at radius 1 is 1.35 bits per heavy atom. The number of likely N-dealkylation sites (N-methyl/N-ethyl adjacent to an activating group) is 1. The third-order valence-electron chi connectivity index (χ3n) is 4.48. The van der Waals surface area contributed by atoms with Crippen LogP contribution in [0.5, 0.6) is 5.75 Å². The molecule has 1 saturated heterocycles. The smallest absolute Gasteiger partial charge is 0.342 e. The first-order valence-corrected chi connectivity index (χ1v) is 10.4. The lowest BCUT2D eigenvalue weighted by atomic mass is 10.1. The van der Waals surface area contributed by atoms with Crippen molar-refractivity contribution in [1.29, 1.82) is 0 Å². The Hall–Kier alpha value is -2.09. The minimum absolute atomic E-state index is 0.0427. The lowest BCUT2D eigenvalue weighted by Gasteiger charge is -2.29. The Morgan fingerprint density at radius 3 is 2.58 bits per heavy atom. The van der Waals surface area contributed by atoms with Crippen LogP contribution in [0.3, 0.4) is 0 Å². The molecule has 1 aliphatic rings. The molecule has 0 unspecified atom stereocenters. The molecule has 0 saturated carbocycles. The van der Waals surface area contributed by atoms with Crippen molar-refractivity contribution < 1.29 is 27.5 Å². The first-order chi connectivity index (χ1) is 12.2. The standard InChI is InChI=1S/C18H25NO6S/c1-5-19(14-8-9-26(22,23)11-14)17(20)13(3)25-18(21)15-10-12(2)6-7-16(15)24-4/h6-7,10,13-14H,5,8-9,11H2,1-4H3/t13-,14+/m0/s1. The molecular weight excluding hydrogens is 358 g/mol. The van der Waals surface area contributed by atoms with Gasteiger partial charge in [-0.2, -0.15) is 0 Å². The number of nitrogens with zero attached hydrogens (tertiary/aromatic N) is 1. The van der Waals surface area contributed by atoms with Crippen LogP contribution in [0, 0.1) is 6.92 Å². The van der Waals surface area contributed by atoms with E-state index in [4.69, 9.17) is 9.47 Å². The van der Waals surface area contributed by atoms with E-state index in [-0.39, 0.29) is 23.1 Å². The highest BCUT2D eigenvalue weighted by molar-refractivity contribution is 7.91. The monoisotopic (exact) mass is 383 g/mol. The van der Waals surface area contributed by atoms with Crippen molar-refractivity contribution in [2.75, 3.05) is 25.2 Å². The van der Waals surface area contributed by atoms with Gasteiger partial charge in [-0.15, -0.1) is 0 Å². The van der Waals surface area contributed by atoms with Gasteiger partial charge in [0.25, 0.3) is 5.91 Å². The number of rotatable bonds is 6. The topological polar surface area (TPSA) is 90.0 Å². The van der Waals surface area contributed by atoms with Crippen molar-refractivity contribution in [3.8, 4) is 5.75 Å². The largest absolute Gasteiger partial charge is 0.496 e. The zero-order chi connectivity index (χ0) is 19.5. The number of esters is 1. The van der Waals surface area contributed by atoms with Crippen LogP contribution in [0.2, 0.25) is 0 Å². The van der Waals surface area contributed by atoms with Gasteiger partial charge in [0.1, 0.15) is 11.3 Å². The SMILES string of the molecule is CCN(C(=O)[C@H](C)OC(=O)c1cc(C)ccc1OC)[C@@H]1CCS(=O)(=O)C1. The van der Waals surface area contributed by atoms with Crippen molar-refractivity contribution in [1.82, 2.24) is 4.90 Å². The van der Waals surface area contributed by atoms with Crippen LogP contribution in [0.4, 0.5) is 0 Å². The fraction of sp³-hybridized carbons (Fsp3) is 0.556. The molecule has 1 aliphatic heterocycles. The van der Waals surface area contributed by atoms with Crippen molar-refractivity contribution in [3.05, 3.63) is 29.3 Å². The van der Waals surface area contributed by atoms with Gasteiger partial charge in [-0.3, -0.25) is 4.79 Å². The summed E-state index contributed by atoms with van der Waals surface area (Å²) in [6, 6.07) is 4.75. The molecule has 1 fully saturated rings. The Balaban J connectivity index is 2.10. The highest BCUT2D eigenvalue weighted by Gasteiger charge is 2.36. The van der Waals surface area contributed by atoms with Crippen LogP contribution in [0.25, 0.3) is 0 Å². The van der Waals surface area contributed by atoms with Crippen LogP contribution in [0.1, 0.15) is 36.2 Å². The summed E-state index contributed by atoms with van der Waals surface area (Å²) in [5.74, 6) is -0.639. The van der Waals surface area contributed by atoms with Crippen LogP contribution in [-0.4, -0.2) is 62.5 Å². The number of sulfone groups is 1. The van der Waals surface area contributed by atoms with Gasteiger partial charge in [-0.05, 0) is 39.3 Å². The molecule has 0 N–H and O–H groups in total. The third kappa shape index (κ3) is 4.55. The van der Waals surface area contributed by atoms with Gasteiger partial charge in [0.2, 0.25) is 0 Å². The van der Waals surface area contributed by atoms with Gasteiger partial charge < -0.3 is 14.4 Å². The van der Waals surface area contributed by atoms with E-state index >= 15 is 0 Å². The highest BCUT2D eigenvalue weighted by Crippen LogP contribution is 2.22. The van der Waals surface area contributed by atoms with E-state index in [0.717, 1.165) is 5.56 Å². The Morgan fingerprint density at radius 2 is 2.04 bits per heavy atom. The number of hydrogen-bond donors (Lipinski definition) is 0. The average molecular weight is 383 g/mol. The Bertz CT molecular complexity index is 789. The molecule has 0 aromatic heterocycles. The summed E-state index contributed by atoms with van der Waals surface area (Å²) >= 11 is 0. The summed E-state index contributed by atoms with van der Waals surface area (Å²) in [6.07, 6.45) is -0.607. The molecule has 2 atom stereocenters. The molecule has 7 nitrogen and oxygen atoms in total. The molecule has 8 heteroatoms. The minimum atomic E-state index is -3.11. The first kappa shape index (κ1) is 20.2. The van der Waals surface area contributed by atoms with Gasteiger partial charge >= 0.3 is 5.97 Å². The molecule has 1 amide bonds. The number of hydrogen-bond acceptors (Lipinski definition) is 6. The fourth-order valence-corrected chi connectivity index (χ4v) is 4.84. The maximum atomic E-state index is 12.7. The number of carbonyl (C=O) groups is 2. The molecule has 144 valence electrons. The second-order valence-corrected chi connectivity index (χ2v) is 8.66. The number of carbonyl (C=O) groups excluding carboxylic acids is 2. The predicted octanol–water partition coefficient (Wildman–Crippen LogP) is 1.58. The first-order valence-electron chi connectivity index (χ1n) is 8.55. The van der Waals surface area contributed by atoms with E-state index in [1.807, 2.05) is 13.0 Å². The Labute approximate surface area is 154 Å². The average Bonchev–Trinajstić information content (AvgIpc) is 2.94. The maximum absolute atomic E-state index is 12.7. The normalized spacial score (nSPS) is 19.6. The molecule has 26 heavy (non-hydrogen) atoms.